The number of piperidine rings is 1. The van der Waals surface area contributed by atoms with Crippen molar-refractivity contribution in [1.29, 1.82) is 0 Å². The van der Waals surface area contributed by atoms with E-state index in [4.69, 9.17) is 0 Å². The molecule has 3 heterocycles. The Morgan fingerprint density at radius 2 is 2.14 bits per heavy atom. The number of rotatable bonds is 3. The molecule has 0 radical (unpaired) electrons. The molecule has 4 rings (SSSR count). The van der Waals surface area contributed by atoms with Crippen LogP contribution >= 0.6 is 0 Å². The lowest BCUT2D eigenvalue weighted by molar-refractivity contribution is -0.124. The van der Waals surface area contributed by atoms with Gasteiger partial charge in [-0.2, -0.15) is 0 Å². The predicted octanol–water partition coefficient (Wildman–Crippen LogP) is 1.29. The second-order valence-corrected chi connectivity index (χ2v) is 6.85. The number of halogens is 1. The van der Waals surface area contributed by atoms with Gasteiger partial charge in [0.15, 0.2) is 0 Å². The quantitative estimate of drug-likeness (QED) is 0.898. The molecule has 2 aromatic rings. The van der Waals surface area contributed by atoms with Gasteiger partial charge in [-0.05, 0) is 50.9 Å². The predicted molar refractivity (Wildman–Crippen MR) is 79.7 cm³/mol. The Bertz CT molecular complexity index is 744. The number of nitrogens with zero attached hydrogens (tertiary/aromatic N) is 2. The highest BCUT2D eigenvalue weighted by Gasteiger charge is 2.57. The van der Waals surface area contributed by atoms with Crippen molar-refractivity contribution in [1.82, 2.24) is 20.0 Å². The molecule has 1 saturated heterocycles. The molecule has 5 nitrogen and oxygen atoms in total. The monoisotopic (exact) mass is 302 g/mol. The van der Waals surface area contributed by atoms with Crippen molar-refractivity contribution in [3.8, 4) is 0 Å². The van der Waals surface area contributed by atoms with Gasteiger partial charge >= 0.3 is 0 Å². The fourth-order valence-electron chi connectivity index (χ4n) is 3.68. The maximum Gasteiger partial charge on any atom is 0.224 e. The molecule has 2 N–H and O–H groups in total. The molecule has 0 bridgehead atoms. The summed E-state index contributed by atoms with van der Waals surface area (Å²) in [6.45, 7) is 5.67. The van der Waals surface area contributed by atoms with Gasteiger partial charge in [0, 0.05) is 12.1 Å². The molecule has 1 unspecified atom stereocenters. The highest BCUT2D eigenvalue weighted by molar-refractivity contribution is 5.83. The summed E-state index contributed by atoms with van der Waals surface area (Å²) in [6, 6.07) is 3.09. The summed E-state index contributed by atoms with van der Waals surface area (Å²) < 4.78 is 15.2. The third-order valence-corrected chi connectivity index (χ3v) is 4.88. The zero-order valence-electron chi connectivity index (χ0n) is 12.6. The van der Waals surface area contributed by atoms with Crippen molar-refractivity contribution in [2.45, 2.75) is 19.4 Å². The van der Waals surface area contributed by atoms with Crippen LogP contribution < -0.4 is 10.6 Å². The minimum Gasteiger partial charge on any atom is -0.344 e. The minimum absolute atomic E-state index is 0.0784. The van der Waals surface area contributed by atoms with Crippen molar-refractivity contribution >= 4 is 11.4 Å². The van der Waals surface area contributed by atoms with E-state index in [9.17, 15) is 9.18 Å². The molecular weight excluding hydrogens is 283 g/mol. The van der Waals surface area contributed by atoms with E-state index in [0.717, 1.165) is 18.6 Å². The van der Waals surface area contributed by atoms with Gasteiger partial charge in [0.2, 0.25) is 5.91 Å². The molecule has 3 atom stereocenters. The first-order valence-corrected chi connectivity index (χ1v) is 7.63. The van der Waals surface area contributed by atoms with Gasteiger partial charge < -0.3 is 10.6 Å². The van der Waals surface area contributed by atoms with Gasteiger partial charge in [0.05, 0.1) is 17.3 Å². The van der Waals surface area contributed by atoms with Gasteiger partial charge in [-0.1, -0.05) is 0 Å². The van der Waals surface area contributed by atoms with Crippen LogP contribution in [0, 0.1) is 23.6 Å². The Balaban J connectivity index is 1.59. The lowest BCUT2D eigenvalue weighted by Crippen LogP contribution is -2.44. The van der Waals surface area contributed by atoms with Gasteiger partial charge in [0.25, 0.3) is 0 Å². The molecule has 6 heteroatoms. The molecule has 2 aliphatic rings. The molecule has 2 aromatic heterocycles. The zero-order valence-corrected chi connectivity index (χ0v) is 12.6. The first-order chi connectivity index (χ1) is 10.5. The molecule has 1 saturated carbocycles. The second kappa shape index (κ2) is 4.52. The Labute approximate surface area is 127 Å². The largest absolute Gasteiger partial charge is 0.344 e. The van der Waals surface area contributed by atoms with Crippen molar-refractivity contribution in [2.75, 3.05) is 13.1 Å². The van der Waals surface area contributed by atoms with E-state index in [1.54, 1.807) is 16.7 Å². The molecule has 116 valence electrons. The maximum atomic E-state index is 13.5. The Kier molecular flexibility index (Phi) is 2.81. The smallest absolute Gasteiger partial charge is 0.224 e. The maximum absolute atomic E-state index is 13.5. The van der Waals surface area contributed by atoms with Gasteiger partial charge in [0.1, 0.15) is 11.6 Å². The summed E-state index contributed by atoms with van der Waals surface area (Å²) in [4.78, 5) is 16.9. The van der Waals surface area contributed by atoms with E-state index in [1.807, 2.05) is 13.8 Å². The van der Waals surface area contributed by atoms with Crippen molar-refractivity contribution < 1.29 is 9.18 Å². The summed E-state index contributed by atoms with van der Waals surface area (Å²) in [5, 5.41) is 6.38. The van der Waals surface area contributed by atoms with Crippen LogP contribution in [0.1, 0.15) is 19.7 Å². The number of fused-ring (bicyclic) bond motifs is 2. The molecule has 1 aliphatic carbocycles. The highest BCUT2D eigenvalue weighted by Crippen LogP contribution is 2.49. The van der Waals surface area contributed by atoms with E-state index in [1.165, 1.54) is 12.3 Å². The minimum atomic E-state index is -0.651. The number of carbonyl (C=O) groups is 1. The first-order valence-electron chi connectivity index (χ1n) is 7.63. The Morgan fingerprint density at radius 1 is 1.41 bits per heavy atom. The third-order valence-electron chi connectivity index (χ3n) is 4.88. The van der Waals surface area contributed by atoms with Crippen LogP contribution in [0.2, 0.25) is 0 Å². The summed E-state index contributed by atoms with van der Waals surface area (Å²) in [5.41, 5.74) is 0.160. The summed E-state index contributed by atoms with van der Waals surface area (Å²) >= 11 is 0. The second-order valence-electron chi connectivity index (χ2n) is 6.85. The van der Waals surface area contributed by atoms with E-state index >= 15 is 0 Å². The highest BCUT2D eigenvalue weighted by atomic mass is 19.1. The molecule has 1 aliphatic heterocycles. The number of hydrogen-bond acceptors (Lipinski definition) is 3. The number of nitrogens with one attached hydrogen (secondary N) is 2. The fraction of sp³-hybridized carbons (Fsp3) is 0.500. The molecule has 0 spiro atoms. The summed E-state index contributed by atoms with van der Waals surface area (Å²) in [7, 11) is 0. The number of amides is 1. The van der Waals surface area contributed by atoms with Gasteiger partial charge in [-0.25, -0.2) is 9.37 Å². The van der Waals surface area contributed by atoms with E-state index in [2.05, 4.69) is 15.6 Å². The number of hydrogen-bond donors (Lipinski definition) is 2. The molecule has 0 aromatic carbocycles. The third kappa shape index (κ3) is 2.01. The van der Waals surface area contributed by atoms with E-state index < -0.39 is 5.54 Å². The van der Waals surface area contributed by atoms with E-state index in [-0.39, 0.29) is 17.6 Å². The molecule has 22 heavy (non-hydrogen) atoms. The zero-order chi connectivity index (χ0) is 15.5. The van der Waals surface area contributed by atoms with Crippen molar-refractivity contribution in [3.05, 3.63) is 36.2 Å². The average molecular weight is 302 g/mol. The molecular formula is C16H19FN4O. The topological polar surface area (TPSA) is 58.4 Å². The normalized spacial score (nSPS) is 27.0. The Hall–Kier alpha value is -1.95. The van der Waals surface area contributed by atoms with Crippen LogP contribution in [-0.4, -0.2) is 28.4 Å². The van der Waals surface area contributed by atoms with Crippen LogP contribution in [0.25, 0.3) is 5.52 Å². The van der Waals surface area contributed by atoms with Crippen LogP contribution in [0.15, 0.2) is 24.5 Å². The number of carbonyl (C=O) groups excluding carboxylic acids is 1. The summed E-state index contributed by atoms with van der Waals surface area (Å²) in [6.07, 6.45) is 3.10. The Morgan fingerprint density at radius 3 is 2.86 bits per heavy atom. The van der Waals surface area contributed by atoms with Crippen LogP contribution in [0.5, 0.6) is 0 Å². The van der Waals surface area contributed by atoms with Crippen molar-refractivity contribution in [3.63, 3.8) is 0 Å². The SMILES string of the molecule is CC(C)(NC(=O)C1[C@H]2CNC[C@@H]12)c1ncc2ccc(F)cn12. The standard InChI is InChI=1S/C16H19FN4O/c1-16(2,20-14(22)13-11-6-18-7-12(11)13)15-19-5-10-4-3-9(17)8-21(10)15/h3-5,8,11-13,18H,6-7H2,1-2H3,(H,20,22)/t11-,12+,13?. The fourth-order valence-corrected chi connectivity index (χ4v) is 3.68. The van der Waals surface area contributed by atoms with Crippen LogP contribution in [-0.2, 0) is 10.3 Å². The molecule has 1 amide bonds. The van der Waals surface area contributed by atoms with Crippen molar-refractivity contribution in [2.24, 2.45) is 17.8 Å². The number of imidazole rings is 1. The average Bonchev–Trinajstić information content (AvgIpc) is 2.83. The lowest BCUT2D eigenvalue weighted by atomic mass is 10.0. The lowest BCUT2D eigenvalue weighted by Gasteiger charge is -2.25. The van der Waals surface area contributed by atoms with Crippen LogP contribution in [0.3, 0.4) is 0 Å². The first kappa shape index (κ1) is 13.7. The number of aromatic nitrogens is 2. The van der Waals surface area contributed by atoms with Crippen LogP contribution in [0.4, 0.5) is 4.39 Å². The molecule has 2 fully saturated rings. The summed E-state index contributed by atoms with van der Waals surface area (Å²) in [5.74, 6) is 1.46. The van der Waals surface area contributed by atoms with Gasteiger partial charge in [-0.15, -0.1) is 0 Å². The number of pyridine rings is 1. The van der Waals surface area contributed by atoms with Gasteiger partial charge in [-0.3, -0.25) is 9.20 Å². The van der Waals surface area contributed by atoms with E-state index in [0.29, 0.717) is 17.7 Å².